The first-order valence-corrected chi connectivity index (χ1v) is 6.35. The molecule has 1 aliphatic carbocycles. The minimum Gasteiger partial charge on any atom is -0.299 e. The van der Waals surface area contributed by atoms with Gasteiger partial charge in [-0.15, -0.1) is 0 Å². The maximum absolute atomic E-state index is 11.2. The van der Waals surface area contributed by atoms with Crippen LogP contribution in [0.1, 0.15) is 25.0 Å². The number of para-hydroxylation sites is 1. The van der Waals surface area contributed by atoms with Gasteiger partial charge in [-0.25, -0.2) is 0 Å². The molecule has 0 spiro atoms. The molecule has 0 radical (unpaired) electrons. The van der Waals surface area contributed by atoms with E-state index < -0.39 is 0 Å². The summed E-state index contributed by atoms with van der Waals surface area (Å²) >= 11 is 0. The number of rotatable bonds is 2. The van der Waals surface area contributed by atoms with Crippen LogP contribution in [0, 0.1) is 0 Å². The Morgan fingerprint density at radius 1 is 1.06 bits per heavy atom. The Morgan fingerprint density at radius 2 is 1.94 bits per heavy atom. The third-order valence-electron chi connectivity index (χ3n) is 3.41. The quantitative estimate of drug-likeness (QED) is 0.749. The summed E-state index contributed by atoms with van der Waals surface area (Å²) in [7, 11) is 0. The van der Waals surface area contributed by atoms with E-state index in [0.717, 1.165) is 24.1 Å². The molecule has 0 atom stereocenters. The Morgan fingerprint density at radius 3 is 2.78 bits per heavy atom. The zero-order valence-electron chi connectivity index (χ0n) is 10.2. The molecule has 0 amide bonds. The first-order chi connectivity index (χ1) is 8.81. The molecule has 0 unspecified atom stereocenters. The smallest absolute Gasteiger partial charge is 0.136 e. The number of Topliss-reactive ketones (excluding diaryl/α,β-unsaturated/α-hetero) is 1. The lowest BCUT2D eigenvalue weighted by molar-refractivity contribution is -0.118. The minimum absolute atomic E-state index is 0.352. The summed E-state index contributed by atoms with van der Waals surface area (Å²) in [6, 6.07) is 12.4. The summed E-state index contributed by atoms with van der Waals surface area (Å²) in [5.41, 5.74) is 3.48. The van der Waals surface area contributed by atoms with Crippen LogP contribution in [0.4, 0.5) is 0 Å². The van der Waals surface area contributed by atoms with Gasteiger partial charge in [-0.2, -0.15) is 0 Å². The average molecular weight is 237 g/mol. The van der Waals surface area contributed by atoms with E-state index in [2.05, 4.69) is 29.3 Å². The highest BCUT2D eigenvalue weighted by molar-refractivity contribution is 5.81. The molecule has 1 aromatic heterocycles. The van der Waals surface area contributed by atoms with Gasteiger partial charge in [-0.05, 0) is 18.6 Å². The largest absolute Gasteiger partial charge is 0.299 e. The van der Waals surface area contributed by atoms with Gasteiger partial charge in [0.1, 0.15) is 5.78 Å². The first-order valence-electron chi connectivity index (χ1n) is 6.35. The fourth-order valence-electron chi connectivity index (χ4n) is 2.36. The highest BCUT2D eigenvalue weighted by atomic mass is 16.1. The number of allylic oxidation sites excluding steroid dienone is 2. The van der Waals surface area contributed by atoms with Crippen LogP contribution >= 0.6 is 0 Å². The van der Waals surface area contributed by atoms with E-state index in [9.17, 15) is 4.79 Å². The Bertz CT molecular complexity index is 628. The molecule has 2 nitrogen and oxygen atoms in total. The minimum atomic E-state index is 0.352. The van der Waals surface area contributed by atoms with Crippen molar-refractivity contribution in [2.24, 2.45) is 0 Å². The number of benzene rings is 1. The van der Waals surface area contributed by atoms with Crippen molar-refractivity contribution in [3.05, 3.63) is 53.7 Å². The van der Waals surface area contributed by atoms with Crippen molar-refractivity contribution in [1.82, 2.24) is 4.98 Å². The molecule has 0 bridgehead atoms. The molecule has 0 saturated carbocycles. The molecule has 1 heterocycles. The lowest BCUT2D eigenvalue weighted by Crippen LogP contribution is -2.05. The number of carbonyl (C=O) groups excluding carboxylic acids is 1. The van der Waals surface area contributed by atoms with Crippen LogP contribution in [0.3, 0.4) is 0 Å². The third kappa shape index (κ3) is 2.33. The van der Waals surface area contributed by atoms with Crippen molar-refractivity contribution < 1.29 is 4.79 Å². The van der Waals surface area contributed by atoms with Gasteiger partial charge in [-0.1, -0.05) is 35.9 Å². The molecule has 0 aliphatic heterocycles. The van der Waals surface area contributed by atoms with E-state index in [4.69, 9.17) is 0 Å². The van der Waals surface area contributed by atoms with Gasteiger partial charge in [0.25, 0.3) is 0 Å². The summed E-state index contributed by atoms with van der Waals surface area (Å²) in [6.07, 6.45) is 5.14. The number of nitrogens with zero attached hydrogens (tertiary/aromatic N) is 1. The number of fused-ring (bicyclic) bond motifs is 1. The van der Waals surface area contributed by atoms with Crippen LogP contribution in [0.15, 0.2) is 48.0 Å². The van der Waals surface area contributed by atoms with Crippen LogP contribution in [-0.2, 0) is 11.2 Å². The van der Waals surface area contributed by atoms with E-state index in [1.165, 1.54) is 11.0 Å². The molecule has 0 N–H and O–H groups in total. The zero-order valence-corrected chi connectivity index (χ0v) is 10.2. The van der Waals surface area contributed by atoms with Crippen molar-refractivity contribution in [3.8, 4) is 0 Å². The van der Waals surface area contributed by atoms with Crippen LogP contribution in [0.5, 0.6) is 0 Å². The second kappa shape index (κ2) is 4.73. The Balaban J connectivity index is 1.84. The second-order valence-corrected chi connectivity index (χ2v) is 4.78. The summed E-state index contributed by atoms with van der Waals surface area (Å²) in [4.78, 5) is 15.8. The fraction of sp³-hybridized carbons (Fsp3) is 0.250. The Kier molecular flexibility index (Phi) is 2.93. The first kappa shape index (κ1) is 11.1. The van der Waals surface area contributed by atoms with Gasteiger partial charge < -0.3 is 0 Å². The van der Waals surface area contributed by atoms with E-state index in [1.54, 1.807) is 0 Å². The molecular formula is C16H15NO. The predicted molar refractivity (Wildman–Crippen MR) is 72.4 cm³/mol. The van der Waals surface area contributed by atoms with Gasteiger partial charge in [-0.3, -0.25) is 9.78 Å². The maximum Gasteiger partial charge on any atom is 0.136 e. The Labute approximate surface area is 106 Å². The highest BCUT2D eigenvalue weighted by Gasteiger charge is 2.11. The number of hydrogen-bond donors (Lipinski definition) is 0. The lowest BCUT2D eigenvalue weighted by Gasteiger charge is -2.11. The standard InChI is InChI=1S/C16H15NO/c18-15-9-5-12(6-10-15)11-14-8-7-13-3-1-2-4-16(13)17-14/h1-5,7-8H,6,9-11H2. The summed E-state index contributed by atoms with van der Waals surface area (Å²) in [5, 5.41) is 1.18. The number of carbonyl (C=O) groups is 1. The average Bonchev–Trinajstić information content (AvgIpc) is 2.41. The van der Waals surface area contributed by atoms with Gasteiger partial charge in [0.15, 0.2) is 0 Å². The summed E-state index contributed by atoms with van der Waals surface area (Å²) in [6.45, 7) is 0. The van der Waals surface area contributed by atoms with E-state index in [-0.39, 0.29) is 0 Å². The number of hydrogen-bond acceptors (Lipinski definition) is 2. The van der Waals surface area contributed by atoms with Gasteiger partial charge >= 0.3 is 0 Å². The van der Waals surface area contributed by atoms with Crippen LogP contribution < -0.4 is 0 Å². The SMILES string of the molecule is O=C1CC=C(Cc2ccc3ccccc3n2)CC1. The van der Waals surface area contributed by atoms with Crippen LogP contribution in [0.25, 0.3) is 10.9 Å². The second-order valence-electron chi connectivity index (χ2n) is 4.78. The predicted octanol–water partition coefficient (Wildman–Crippen LogP) is 3.46. The van der Waals surface area contributed by atoms with E-state index >= 15 is 0 Å². The fourth-order valence-corrected chi connectivity index (χ4v) is 2.36. The number of pyridine rings is 1. The van der Waals surface area contributed by atoms with Gasteiger partial charge in [0.2, 0.25) is 0 Å². The Hall–Kier alpha value is -1.96. The number of aromatic nitrogens is 1. The summed E-state index contributed by atoms with van der Waals surface area (Å²) in [5.74, 6) is 0.352. The highest BCUT2D eigenvalue weighted by Crippen LogP contribution is 2.20. The summed E-state index contributed by atoms with van der Waals surface area (Å²) < 4.78 is 0. The molecule has 0 fully saturated rings. The molecule has 1 aliphatic rings. The molecule has 3 rings (SSSR count). The van der Waals surface area contributed by atoms with Crippen molar-refractivity contribution in [3.63, 3.8) is 0 Å². The lowest BCUT2D eigenvalue weighted by atomic mass is 9.95. The zero-order chi connectivity index (χ0) is 12.4. The van der Waals surface area contributed by atoms with Crippen molar-refractivity contribution >= 4 is 16.7 Å². The number of ketones is 1. The molecule has 1 aromatic carbocycles. The van der Waals surface area contributed by atoms with Gasteiger partial charge in [0.05, 0.1) is 5.52 Å². The molecule has 18 heavy (non-hydrogen) atoms. The monoisotopic (exact) mass is 237 g/mol. The van der Waals surface area contributed by atoms with Gasteiger partial charge in [0, 0.05) is 30.3 Å². The normalized spacial score (nSPS) is 15.8. The van der Waals surface area contributed by atoms with E-state index in [0.29, 0.717) is 18.6 Å². The van der Waals surface area contributed by atoms with Crippen molar-refractivity contribution in [2.45, 2.75) is 25.7 Å². The molecular weight excluding hydrogens is 222 g/mol. The topological polar surface area (TPSA) is 30.0 Å². The van der Waals surface area contributed by atoms with Crippen LogP contribution in [-0.4, -0.2) is 10.8 Å². The molecule has 90 valence electrons. The molecule has 0 saturated heterocycles. The van der Waals surface area contributed by atoms with Crippen LogP contribution in [0.2, 0.25) is 0 Å². The van der Waals surface area contributed by atoms with Crippen molar-refractivity contribution in [2.75, 3.05) is 0 Å². The third-order valence-corrected chi connectivity index (χ3v) is 3.41. The molecule has 2 aromatic rings. The molecule has 2 heteroatoms. The van der Waals surface area contributed by atoms with Crippen molar-refractivity contribution in [1.29, 1.82) is 0 Å². The van der Waals surface area contributed by atoms with E-state index in [1.807, 2.05) is 18.2 Å². The maximum atomic E-state index is 11.2.